The predicted octanol–water partition coefficient (Wildman–Crippen LogP) is 2.13. The molecule has 0 aliphatic heterocycles. The summed E-state index contributed by atoms with van der Waals surface area (Å²) in [6.07, 6.45) is -1.17. The van der Waals surface area contributed by atoms with Crippen molar-refractivity contribution in [3.63, 3.8) is 0 Å². The summed E-state index contributed by atoms with van der Waals surface area (Å²) in [5.74, 6) is -1.73. The molecule has 2 aromatic rings. The Labute approximate surface area is 163 Å². The largest absolute Gasteiger partial charge is 0.507 e. The molecule has 0 spiro atoms. The minimum Gasteiger partial charge on any atom is -0.507 e. The Morgan fingerprint density at radius 2 is 1.79 bits per heavy atom. The molecule has 9 heteroatoms. The summed E-state index contributed by atoms with van der Waals surface area (Å²) < 4.78 is 30.7. The molecule has 150 valence electrons. The van der Waals surface area contributed by atoms with Crippen LogP contribution >= 0.6 is 0 Å². The van der Waals surface area contributed by atoms with Crippen molar-refractivity contribution in [2.24, 2.45) is 0 Å². The molecule has 0 saturated carbocycles. The Morgan fingerprint density at radius 1 is 1.14 bits per heavy atom. The topological polar surface area (TPSA) is 113 Å². The molecule has 8 nitrogen and oxygen atoms in total. The number of phenolic OH excluding ortho intramolecular Hbond substituents is 1. The highest BCUT2D eigenvalue weighted by atomic mass is 32.2. The zero-order valence-corrected chi connectivity index (χ0v) is 16.8. The molecule has 0 heterocycles. The van der Waals surface area contributed by atoms with Crippen LogP contribution in [0, 0.1) is 6.92 Å². The summed E-state index contributed by atoms with van der Waals surface area (Å²) in [4.78, 5) is 24.5. The van der Waals surface area contributed by atoms with E-state index in [0.717, 1.165) is 4.31 Å². The van der Waals surface area contributed by atoms with E-state index in [1.54, 1.807) is 25.1 Å². The first-order chi connectivity index (χ1) is 13.0. The average molecular weight is 406 g/mol. The third-order valence-corrected chi connectivity index (χ3v) is 5.83. The average Bonchev–Trinajstić information content (AvgIpc) is 2.63. The minimum absolute atomic E-state index is 0.0252. The van der Waals surface area contributed by atoms with Gasteiger partial charge in [0.15, 0.2) is 6.10 Å². The second kappa shape index (κ2) is 8.41. The predicted molar refractivity (Wildman–Crippen MR) is 104 cm³/mol. The highest BCUT2D eigenvalue weighted by molar-refractivity contribution is 7.89. The number of hydrogen-bond donors (Lipinski definition) is 2. The van der Waals surface area contributed by atoms with Crippen molar-refractivity contribution in [1.82, 2.24) is 4.31 Å². The third-order valence-electron chi connectivity index (χ3n) is 4.02. The third kappa shape index (κ3) is 4.68. The summed E-state index contributed by atoms with van der Waals surface area (Å²) in [7, 11) is -0.842. The lowest BCUT2D eigenvalue weighted by molar-refractivity contribution is -0.123. The summed E-state index contributed by atoms with van der Waals surface area (Å²) in [6.45, 7) is 3.09. The standard InChI is InChI=1S/C19H22N2O6S/c1-12-9-10-14(28(25,26)21(3)4)11-16(12)20-18(23)13(2)27-19(24)15-7-5-6-8-17(15)22/h5-11,13,22H,1-4H3,(H,20,23). The fourth-order valence-corrected chi connectivity index (χ4v) is 3.19. The molecular weight excluding hydrogens is 384 g/mol. The van der Waals surface area contributed by atoms with Crippen molar-refractivity contribution in [3.05, 3.63) is 53.6 Å². The van der Waals surface area contributed by atoms with E-state index < -0.39 is 28.0 Å². The van der Waals surface area contributed by atoms with Gasteiger partial charge in [-0.1, -0.05) is 18.2 Å². The van der Waals surface area contributed by atoms with Crippen LogP contribution in [0.25, 0.3) is 0 Å². The van der Waals surface area contributed by atoms with Crippen LogP contribution in [-0.4, -0.2) is 49.9 Å². The molecule has 0 bridgehead atoms. The number of ether oxygens (including phenoxy) is 1. The van der Waals surface area contributed by atoms with E-state index in [4.69, 9.17) is 4.74 Å². The van der Waals surface area contributed by atoms with Crippen molar-refractivity contribution in [2.45, 2.75) is 24.8 Å². The van der Waals surface area contributed by atoms with Gasteiger partial charge < -0.3 is 15.2 Å². The minimum atomic E-state index is -3.66. The van der Waals surface area contributed by atoms with Crippen LogP contribution < -0.4 is 5.32 Å². The molecule has 0 aromatic heterocycles. The molecule has 1 unspecified atom stereocenters. The number of carbonyl (C=O) groups is 2. The van der Waals surface area contributed by atoms with Crippen LogP contribution in [0.4, 0.5) is 5.69 Å². The molecular formula is C19H22N2O6S. The van der Waals surface area contributed by atoms with Crippen molar-refractivity contribution in [3.8, 4) is 5.75 Å². The number of benzene rings is 2. The van der Waals surface area contributed by atoms with Crippen LogP contribution in [0.3, 0.4) is 0 Å². The maximum Gasteiger partial charge on any atom is 0.342 e. The van der Waals surface area contributed by atoms with Gasteiger partial charge in [-0.25, -0.2) is 17.5 Å². The van der Waals surface area contributed by atoms with E-state index in [1.165, 1.54) is 45.3 Å². The Morgan fingerprint density at radius 3 is 2.39 bits per heavy atom. The maximum atomic E-state index is 12.4. The summed E-state index contributed by atoms with van der Waals surface area (Å²) in [5, 5.41) is 12.3. The number of nitrogens with zero attached hydrogens (tertiary/aromatic N) is 1. The Balaban J connectivity index is 2.16. The van der Waals surface area contributed by atoms with Gasteiger partial charge in [0.1, 0.15) is 11.3 Å². The molecule has 0 fully saturated rings. The van der Waals surface area contributed by atoms with Gasteiger partial charge in [-0.15, -0.1) is 0 Å². The molecule has 28 heavy (non-hydrogen) atoms. The van der Waals surface area contributed by atoms with Gasteiger partial charge in [-0.2, -0.15) is 0 Å². The van der Waals surface area contributed by atoms with Crippen LogP contribution in [0.5, 0.6) is 5.75 Å². The van der Waals surface area contributed by atoms with Crippen molar-refractivity contribution in [1.29, 1.82) is 0 Å². The van der Waals surface area contributed by atoms with Gasteiger partial charge >= 0.3 is 5.97 Å². The van der Waals surface area contributed by atoms with Gasteiger partial charge in [0, 0.05) is 19.8 Å². The number of aryl methyl sites for hydroxylation is 1. The number of phenols is 1. The van der Waals surface area contributed by atoms with E-state index in [1.807, 2.05) is 0 Å². The number of amides is 1. The normalized spacial score (nSPS) is 12.5. The Hall–Kier alpha value is -2.91. The van der Waals surface area contributed by atoms with Crippen LogP contribution in [0.15, 0.2) is 47.4 Å². The number of anilines is 1. The lowest BCUT2D eigenvalue weighted by atomic mass is 10.2. The molecule has 2 aromatic carbocycles. The molecule has 0 aliphatic carbocycles. The monoisotopic (exact) mass is 406 g/mol. The van der Waals surface area contributed by atoms with E-state index >= 15 is 0 Å². The maximum absolute atomic E-state index is 12.4. The van der Waals surface area contributed by atoms with Crippen LogP contribution in [0.1, 0.15) is 22.8 Å². The highest BCUT2D eigenvalue weighted by Crippen LogP contribution is 2.23. The van der Waals surface area contributed by atoms with E-state index in [-0.39, 0.29) is 16.2 Å². The SMILES string of the molecule is Cc1ccc(S(=O)(=O)N(C)C)cc1NC(=O)C(C)OC(=O)c1ccccc1O. The van der Waals surface area contributed by atoms with E-state index in [9.17, 15) is 23.1 Å². The molecule has 0 radical (unpaired) electrons. The van der Waals surface area contributed by atoms with Crippen LogP contribution in [0.2, 0.25) is 0 Å². The number of rotatable bonds is 6. The molecule has 2 N–H and O–H groups in total. The summed E-state index contributed by atoms with van der Waals surface area (Å²) in [6, 6.07) is 10.2. The number of nitrogens with one attached hydrogen (secondary N) is 1. The number of carbonyl (C=O) groups excluding carboxylic acids is 2. The van der Waals surface area contributed by atoms with Crippen molar-refractivity contribution < 1.29 is 27.9 Å². The number of hydrogen-bond acceptors (Lipinski definition) is 6. The Kier molecular flexibility index (Phi) is 6.42. The van der Waals surface area contributed by atoms with Gasteiger partial charge in [0.2, 0.25) is 10.0 Å². The molecule has 0 aliphatic rings. The lowest BCUT2D eigenvalue weighted by Gasteiger charge is -2.17. The summed E-state index contributed by atoms with van der Waals surface area (Å²) >= 11 is 0. The van der Waals surface area contributed by atoms with Crippen molar-refractivity contribution >= 4 is 27.6 Å². The molecule has 1 atom stereocenters. The number of aromatic hydroxyl groups is 1. The zero-order chi connectivity index (χ0) is 21.1. The number of sulfonamides is 1. The van der Waals surface area contributed by atoms with Crippen molar-refractivity contribution in [2.75, 3.05) is 19.4 Å². The molecule has 1 amide bonds. The smallest absolute Gasteiger partial charge is 0.342 e. The first kappa shape index (κ1) is 21.4. The first-order valence-electron chi connectivity index (χ1n) is 8.37. The molecule has 0 saturated heterocycles. The Bertz CT molecular complexity index is 1000. The van der Waals surface area contributed by atoms with Gasteiger partial charge in [-0.3, -0.25) is 4.79 Å². The number of para-hydroxylation sites is 1. The fraction of sp³-hybridized carbons (Fsp3) is 0.263. The molecule has 2 rings (SSSR count). The quantitative estimate of drug-likeness (QED) is 0.711. The van der Waals surface area contributed by atoms with E-state index in [0.29, 0.717) is 11.3 Å². The number of esters is 1. The van der Waals surface area contributed by atoms with E-state index in [2.05, 4.69) is 5.32 Å². The van der Waals surface area contributed by atoms with Gasteiger partial charge in [0.25, 0.3) is 5.91 Å². The summed E-state index contributed by atoms with van der Waals surface area (Å²) in [5.41, 5.74) is 0.876. The first-order valence-corrected chi connectivity index (χ1v) is 9.81. The lowest BCUT2D eigenvalue weighted by Crippen LogP contribution is -2.30. The zero-order valence-electron chi connectivity index (χ0n) is 16.0. The fourth-order valence-electron chi connectivity index (χ4n) is 2.27. The van der Waals surface area contributed by atoms with Crippen LogP contribution in [-0.2, 0) is 19.6 Å². The second-order valence-corrected chi connectivity index (χ2v) is 8.47. The highest BCUT2D eigenvalue weighted by Gasteiger charge is 2.23. The second-order valence-electron chi connectivity index (χ2n) is 6.32. The van der Waals surface area contributed by atoms with Gasteiger partial charge in [0.05, 0.1) is 4.90 Å². The van der Waals surface area contributed by atoms with Gasteiger partial charge in [-0.05, 0) is 43.7 Å².